The Labute approximate surface area is 240 Å². The molecule has 4 nitrogen and oxygen atoms in total. The van der Waals surface area contributed by atoms with Crippen LogP contribution >= 0.6 is 22.7 Å². The van der Waals surface area contributed by atoms with Crippen LogP contribution < -0.4 is 16.4 Å². The maximum Gasteiger partial charge on any atom is 0.0497 e. The van der Waals surface area contributed by atoms with E-state index in [1.165, 1.54) is 40.3 Å². The number of nitrogens with one attached hydrogen (secondary N) is 3. The number of hydrogen-bond acceptors (Lipinski definition) is 6. The smallest absolute Gasteiger partial charge is 0.0497 e. The topological polar surface area (TPSA) is 73.9 Å². The Kier molecular flexibility index (Phi) is 6.04. The maximum atomic E-state index is 8.54. The van der Waals surface area contributed by atoms with E-state index in [1.807, 2.05) is 36.5 Å². The lowest BCUT2D eigenvalue weighted by molar-refractivity contribution is 0.820. The molecule has 2 heterocycles. The van der Waals surface area contributed by atoms with Crippen molar-refractivity contribution < 1.29 is 0 Å². The van der Waals surface area contributed by atoms with E-state index in [0.29, 0.717) is 5.71 Å². The average Bonchev–Trinajstić information content (AvgIpc) is 3.50. The minimum absolute atomic E-state index is 0.200. The van der Waals surface area contributed by atoms with Crippen LogP contribution in [0, 0.1) is 5.41 Å². The highest BCUT2D eigenvalue weighted by Gasteiger charge is 2.16. The predicted octanol–water partition coefficient (Wildman–Crippen LogP) is 10.3. The fraction of sp³-hybridized carbons (Fsp3) is 0.0882. The third-order valence-electron chi connectivity index (χ3n) is 7.40. The van der Waals surface area contributed by atoms with Crippen molar-refractivity contribution in [2.24, 2.45) is 5.73 Å². The summed E-state index contributed by atoms with van der Waals surface area (Å²) in [6, 6.07) is 34.0. The van der Waals surface area contributed by atoms with Crippen LogP contribution in [0.25, 0.3) is 40.3 Å². The minimum atomic E-state index is -0.200. The molecule has 5 N–H and O–H groups in total. The van der Waals surface area contributed by atoms with Crippen LogP contribution in [-0.4, -0.2) is 5.71 Å². The van der Waals surface area contributed by atoms with E-state index in [0.717, 1.165) is 33.9 Å². The lowest BCUT2D eigenvalue weighted by Crippen LogP contribution is -2.11. The Morgan fingerprint density at radius 3 is 1.68 bits per heavy atom. The molecule has 2 aromatic heterocycles. The number of hydrogen-bond donors (Lipinski definition) is 4. The van der Waals surface area contributed by atoms with Gasteiger partial charge in [0.25, 0.3) is 0 Å². The van der Waals surface area contributed by atoms with Gasteiger partial charge in [-0.3, -0.25) is 0 Å². The zero-order valence-electron chi connectivity index (χ0n) is 22.2. The zero-order chi connectivity index (χ0) is 27.4. The molecule has 40 heavy (non-hydrogen) atoms. The van der Waals surface area contributed by atoms with Gasteiger partial charge in [-0.1, -0.05) is 36.4 Å². The summed E-state index contributed by atoms with van der Waals surface area (Å²) < 4.78 is 5.11. The third kappa shape index (κ3) is 4.31. The molecule has 0 bridgehead atoms. The fourth-order valence-electron chi connectivity index (χ4n) is 5.43. The van der Waals surface area contributed by atoms with E-state index < -0.39 is 0 Å². The van der Waals surface area contributed by atoms with Gasteiger partial charge < -0.3 is 21.8 Å². The number of fused-ring (bicyclic) bond motifs is 6. The summed E-state index contributed by atoms with van der Waals surface area (Å²) in [7, 11) is 0. The summed E-state index contributed by atoms with van der Waals surface area (Å²) in [5, 5.41) is 20.8. The molecule has 196 valence electrons. The van der Waals surface area contributed by atoms with Crippen molar-refractivity contribution in [1.29, 1.82) is 5.41 Å². The van der Waals surface area contributed by atoms with Crippen LogP contribution in [0.5, 0.6) is 0 Å². The highest BCUT2D eigenvalue weighted by molar-refractivity contribution is 7.26. The summed E-state index contributed by atoms with van der Waals surface area (Å²) in [4.78, 5) is 0. The molecule has 5 aromatic carbocycles. The first kappa shape index (κ1) is 24.8. The number of nitrogens with two attached hydrogens (primary N) is 1. The van der Waals surface area contributed by atoms with Gasteiger partial charge in [0.15, 0.2) is 0 Å². The van der Waals surface area contributed by atoms with Gasteiger partial charge in [-0.05, 0) is 80.1 Å². The Morgan fingerprint density at radius 2 is 1.15 bits per heavy atom. The van der Waals surface area contributed by atoms with Gasteiger partial charge >= 0.3 is 0 Å². The number of thiophene rings is 2. The van der Waals surface area contributed by atoms with Crippen LogP contribution in [0.1, 0.15) is 31.0 Å². The van der Waals surface area contributed by atoms with Gasteiger partial charge in [-0.15, -0.1) is 22.7 Å². The Balaban J connectivity index is 1.31. The molecule has 0 saturated heterocycles. The first-order valence-electron chi connectivity index (χ1n) is 13.3. The van der Waals surface area contributed by atoms with Crippen LogP contribution in [0.3, 0.4) is 0 Å². The summed E-state index contributed by atoms with van der Waals surface area (Å²) in [5.74, 6) is 0. The molecule has 0 fully saturated rings. The Bertz CT molecular complexity index is 2080. The largest absolute Gasteiger partial charge is 0.355 e. The Hall–Kier alpha value is -4.23. The number of anilines is 4. The lowest BCUT2D eigenvalue weighted by atomic mass is 9.98. The maximum absolute atomic E-state index is 8.54. The first-order chi connectivity index (χ1) is 19.4. The number of benzene rings is 5. The van der Waals surface area contributed by atoms with Crippen molar-refractivity contribution in [1.82, 2.24) is 0 Å². The molecule has 0 aliphatic heterocycles. The van der Waals surface area contributed by atoms with E-state index in [9.17, 15) is 0 Å². The molecule has 7 rings (SSSR count). The molecular weight excluding hydrogens is 529 g/mol. The van der Waals surface area contributed by atoms with E-state index in [1.54, 1.807) is 0 Å². The molecule has 1 unspecified atom stereocenters. The molecule has 0 aliphatic rings. The quantitative estimate of drug-likeness (QED) is 0.154. The van der Waals surface area contributed by atoms with Crippen LogP contribution in [0.2, 0.25) is 0 Å². The van der Waals surface area contributed by atoms with Crippen molar-refractivity contribution in [3.05, 3.63) is 108 Å². The fourth-order valence-corrected chi connectivity index (χ4v) is 7.61. The third-order valence-corrected chi connectivity index (χ3v) is 9.70. The SMILES string of the molecule is CC(=N)c1cc(C(C)N)c(Nc2ccc3sc4ccccc4c3c2)cc1Nc1ccc2sc3ccccc3c2c1. The lowest BCUT2D eigenvalue weighted by Gasteiger charge is -2.20. The second-order valence-electron chi connectivity index (χ2n) is 10.3. The normalized spacial score (nSPS) is 12.4. The van der Waals surface area contributed by atoms with E-state index >= 15 is 0 Å². The predicted molar refractivity (Wildman–Crippen MR) is 177 cm³/mol. The van der Waals surface area contributed by atoms with E-state index in [4.69, 9.17) is 11.1 Å². The standard InChI is InChI=1S/C34H28N4S2/c1-19(35)25-17-26(20(2)36)30(38-22-12-14-34-28(16-22)24-8-4-6-10-32(24)40-34)18-29(25)37-21-11-13-33-27(15-21)23-7-3-5-9-31(23)39-33/h3-19,36-38H,35H2,1-2H3. The second kappa shape index (κ2) is 9.75. The molecule has 1 atom stereocenters. The zero-order valence-corrected chi connectivity index (χ0v) is 23.8. The molecular formula is C34H28N4S2. The van der Waals surface area contributed by atoms with Crippen LogP contribution in [0.4, 0.5) is 22.7 Å². The summed E-state index contributed by atoms with van der Waals surface area (Å²) >= 11 is 3.63. The van der Waals surface area contributed by atoms with Crippen molar-refractivity contribution >= 4 is 91.5 Å². The Morgan fingerprint density at radius 1 is 0.650 bits per heavy atom. The van der Waals surface area contributed by atoms with Gasteiger partial charge in [0, 0.05) is 80.4 Å². The van der Waals surface area contributed by atoms with E-state index in [-0.39, 0.29) is 6.04 Å². The highest BCUT2D eigenvalue weighted by atomic mass is 32.1. The van der Waals surface area contributed by atoms with Gasteiger partial charge in [-0.25, -0.2) is 0 Å². The highest BCUT2D eigenvalue weighted by Crippen LogP contribution is 2.39. The molecule has 0 radical (unpaired) electrons. The van der Waals surface area contributed by atoms with Crippen LogP contribution in [0.15, 0.2) is 97.1 Å². The van der Waals surface area contributed by atoms with Gasteiger partial charge in [0.1, 0.15) is 0 Å². The minimum Gasteiger partial charge on any atom is -0.355 e. The van der Waals surface area contributed by atoms with Gasteiger partial charge in [-0.2, -0.15) is 0 Å². The molecule has 0 spiro atoms. The molecule has 7 aromatic rings. The van der Waals surface area contributed by atoms with Crippen molar-refractivity contribution in [2.75, 3.05) is 10.6 Å². The molecule has 0 amide bonds. The monoisotopic (exact) mass is 556 g/mol. The van der Waals surface area contributed by atoms with Crippen LogP contribution in [-0.2, 0) is 0 Å². The van der Waals surface area contributed by atoms with Crippen molar-refractivity contribution in [2.45, 2.75) is 19.9 Å². The molecule has 0 saturated carbocycles. The van der Waals surface area contributed by atoms with Crippen molar-refractivity contribution in [3.8, 4) is 0 Å². The van der Waals surface area contributed by atoms with E-state index in [2.05, 4.69) is 108 Å². The summed E-state index contributed by atoms with van der Waals surface area (Å²) in [6.45, 7) is 3.81. The summed E-state index contributed by atoms with van der Waals surface area (Å²) in [6.07, 6.45) is 0. The summed E-state index contributed by atoms with van der Waals surface area (Å²) in [5.41, 5.74) is 12.6. The average molecular weight is 557 g/mol. The van der Waals surface area contributed by atoms with Crippen molar-refractivity contribution in [3.63, 3.8) is 0 Å². The molecule has 0 aliphatic carbocycles. The van der Waals surface area contributed by atoms with Gasteiger partial charge in [0.05, 0.1) is 0 Å². The van der Waals surface area contributed by atoms with Gasteiger partial charge in [0.2, 0.25) is 0 Å². The number of rotatable bonds is 6. The first-order valence-corrected chi connectivity index (χ1v) is 14.9. The molecule has 6 heteroatoms. The second-order valence-corrected chi connectivity index (χ2v) is 12.4.